The topological polar surface area (TPSA) is 26.0 Å². The summed E-state index contributed by atoms with van der Waals surface area (Å²) in [6.45, 7) is 3.52. The fourth-order valence-electron chi connectivity index (χ4n) is 2.20. The van der Waals surface area contributed by atoms with Gasteiger partial charge in [0.25, 0.3) is 0 Å². The minimum absolute atomic E-state index is 0.290. The third kappa shape index (κ3) is 3.08. The summed E-state index contributed by atoms with van der Waals surface area (Å²) in [7, 11) is 0. The molecule has 2 aromatic carbocycles. The predicted molar refractivity (Wildman–Crippen MR) is 73.2 cm³/mol. The van der Waals surface area contributed by atoms with Gasteiger partial charge in [0.2, 0.25) is 0 Å². The van der Waals surface area contributed by atoms with Crippen molar-refractivity contribution in [2.24, 2.45) is 5.73 Å². The van der Waals surface area contributed by atoms with E-state index in [0.717, 1.165) is 17.7 Å². The Balaban J connectivity index is 2.49. The molecule has 0 aliphatic carbocycles. The smallest absolute Gasteiger partial charge is 0.318 e. The molecule has 1 nitrogen and oxygen atoms in total. The van der Waals surface area contributed by atoms with Crippen molar-refractivity contribution in [2.45, 2.75) is 25.6 Å². The number of halogens is 4. The first-order valence-corrected chi connectivity index (χ1v) is 6.35. The Morgan fingerprint density at radius 1 is 0.952 bits per heavy atom. The molecule has 0 saturated carbocycles. The van der Waals surface area contributed by atoms with Crippen molar-refractivity contribution < 1.29 is 17.6 Å². The summed E-state index contributed by atoms with van der Waals surface area (Å²) in [6, 6.07) is 10.1. The van der Waals surface area contributed by atoms with E-state index in [1.165, 1.54) is 6.07 Å². The second kappa shape index (κ2) is 5.15. The number of hydrogen-bond donors (Lipinski definition) is 1. The molecule has 112 valence electrons. The third-order valence-electron chi connectivity index (χ3n) is 3.49. The van der Waals surface area contributed by atoms with Crippen molar-refractivity contribution in [1.82, 2.24) is 0 Å². The van der Waals surface area contributed by atoms with Crippen LogP contribution < -0.4 is 5.73 Å². The molecular formula is C16H15F4N. The van der Waals surface area contributed by atoms with Crippen LogP contribution in [0.3, 0.4) is 0 Å². The van der Waals surface area contributed by atoms with E-state index in [1.54, 1.807) is 19.1 Å². The number of hydrogen-bond acceptors (Lipinski definition) is 1. The minimum atomic E-state index is -4.71. The minimum Gasteiger partial charge on any atom is -0.318 e. The molecule has 1 atom stereocenters. The molecule has 0 aromatic heterocycles. The number of benzene rings is 2. The zero-order valence-corrected chi connectivity index (χ0v) is 11.6. The van der Waals surface area contributed by atoms with E-state index < -0.39 is 23.1 Å². The molecule has 0 saturated heterocycles. The molecule has 0 heterocycles. The van der Waals surface area contributed by atoms with Crippen LogP contribution in [0.25, 0.3) is 0 Å². The maximum Gasteiger partial charge on any atom is 0.419 e. The Labute approximate surface area is 120 Å². The lowest BCUT2D eigenvalue weighted by Crippen LogP contribution is -2.34. The highest BCUT2D eigenvalue weighted by atomic mass is 19.4. The van der Waals surface area contributed by atoms with Gasteiger partial charge in [-0.05, 0) is 37.1 Å². The Kier molecular flexibility index (Phi) is 3.80. The second-order valence-corrected chi connectivity index (χ2v) is 5.26. The zero-order chi connectivity index (χ0) is 15.8. The van der Waals surface area contributed by atoms with Gasteiger partial charge in [-0.25, -0.2) is 4.39 Å². The number of aryl methyl sites for hydroxylation is 1. The van der Waals surface area contributed by atoms with Gasteiger partial charge in [-0.2, -0.15) is 13.2 Å². The number of rotatable bonds is 2. The summed E-state index contributed by atoms with van der Waals surface area (Å²) >= 11 is 0. The summed E-state index contributed by atoms with van der Waals surface area (Å²) < 4.78 is 51.4. The average molecular weight is 297 g/mol. The maximum atomic E-state index is 13.7. The van der Waals surface area contributed by atoms with Crippen LogP contribution in [-0.4, -0.2) is 0 Å². The van der Waals surface area contributed by atoms with Crippen LogP contribution in [0.2, 0.25) is 0 Å². The first kappa shape index (κ1) is 15.5. The lowest BCUT2D eigenvalue weighted by Gasteiger charge is -2.27. The van der Waals surface area contributed by atoms with E-state index in [9.17, 15) is 17.6 Å². The van der Waals surface area contributed by atoms with Gasteiger partial charge in [-0.3, -0.25) is 0 Å². The average Bonchev–Trinajstić information content (AvgIpc) is 2.37. The molecule has 2 N–H and O–H groups in total. The monoisotopic (exact) mass is 297 g/mol. The van der Waals surface area contributed by atoms with E-state index in [1.807, 2.05) is 19.1 Å². The van der Waals surface area contributed by atoms with Gasteiger partial charge < -0.3 is 5.73 Å². The van der Waals surface area contributed by atoms with Gasteiger partial charge in [0.05, 0.1) is 11.1 Å². The van der Waals surface area contributed by atoms with Crippen LogP contribution in [-0.2, 0) is 11.7 Å². The van der Waals surface area contributed by atoms with Gasteiger partial charge in [0.1, 0.15) is 5.82 Å². The third-order valence-corrected chi connectivity index (χ3v) is 3.49. The Morgan fingerprint density at radius 3 is 2.10 bits per heavy atom. The van der Waals surface area contributed by atoms with Crippen molar-refractivity contribution >= 4 is 0 Å². The quantitative estimate of drug-likeness (QED) is 0.818. The first-order valence-electron chi connectivity index (χ1n) is 6.35. The van der Waals surface area contributed by atoms with Crippen LogP contribution in [0.1, 0.15) is 29.2 Å². The van der Waals surface area contributed by atoms with Gasteiger partial charge in [-0.15, -0.1) is 0 Å². The summed E-state index contributed by atoms with van der Waals surface area (Å²) in [5, 5.41) is 0. The molecule has 0 aliphatic rings. The van der Waals surface area contributed by atoms with Crippen LogP contribution in [0.5, 0.6) is 0 Å². The lowest BCUT2D eigenvalue weighted by molar-refractivity contribution is -0.140. The zero-order valence-electron chi connectivity index (χ0n) is 11.6. The lowest BCUT2D eigenvalue weighted by atomic mass is 9.84. The highest BCUT2D eigenvalue weighted by Crippen LogP contribution is 2.34. The van der Waals surface area contributed by atoms with E-state index in [-0.39, 0.29) is 0 Å². The van der Waals surface area contributed by atoms with Crippen LogP contribution in [0, 0.1) is 12.7 Å². The molecule has 0 aliphatic heterocycles. The molecule has 0 spiro atoms. The fraction of sp³-hybridized carbons (Fsp3) is 0.250. The van der Waals surface area contributed by atoms with Gasteiger partial charge in [0.15, 0.2) is 0 Å². The largest absolute Gasteiger partial charge is 0.419 e. The predicted octanol–water partition coefficient (Wildman–Crippen LogP) is 4.38. The fourth-order valence-corrected chi connectivity index (χ4v) is 2.20. The molecule has 2 aromatic rings. The molecule has 0 bridgehead atoms. The molecule has 21 heavy (non-hydrogen) atoms. The first-order chi connectivity index (χ1) is 9.62. The molecule has 1 unspecified atom stereocenters. The van der Waals surface area contributed by atoms with Crippen molar-refractivity contribution in [3.8, 4) is 0 Å². The number of nitrogens with two attached hydrogens (primary N) is 1. The molecule has 0 radical (unpaired) electrons. The van der Waals surface area contributed by atoms with Crippen LogP contribution in [0.4, 0.5) is 17.6 Å². The highest BCUT2D eigenvalue weighted by molar-refractivity contribution is 5.40. The van der Waals surface area contributed by atoms with Crippen molar-refractivity contribution in [3.63, 3.8) is 0 Å². The summed E-state index contributed by atoms with van der Waals surface area (Å²) in [5.74, 6) is -1.32. The van der Waals surface area contributed by atoms with Crippen molar-refractivity contribution in [3.05, 3.63) is 70.5 Å². The van der Waals surface area contributed by atoms with E-state index in [2.05, 4.69) is 0 Å². The van der Waals surface area contributed by atoms with E-state index in [4.69, 9.17) is 5.73 Å². The van der Waals surface area contributed by atoms with Crippen LogP contribution >= 0.6 is 0 Å². The van der Waals surface area contributed by atoms with Crippen molar-refractivity contribution in [1.29, 1.82) is 0 Å². The van der Waals surface area contributed by atoms with Gasteiger partial charge >= 0.3 is 6.18 Å². The summed E-state index contributed by atoms with van der Waals surface area (Å²) in [4.78, 5) is 0. The SMILES string of the molecule is Cc1cccc(C(C)(N)c2ccc(C(F)(F)F)c(F)c2)c1. The highest BCUT2D eigenvalue weighted by Gasteiger charge is 2.35. The van der Waals surface area contributed by atoms with Gasteiger partial charge in [0, 0.05) is 0 Å². The summed E-state index contributed by atoms with van der Waals surface area (Å²) in [5.41, 5.74) is 5.82. The second-order valence-electron chi connectivity index (χ2n) is 5.26. The Bertz CT molecular complexity index is 660. The molecule has 0 fully saturated rings. The van der Waals surface area contributed by atoms with E-state index in [0.29, 0.717) is 11.1 Å². The molecule has 5 heteroatoms. The summed E-state index contributed by atoms with van der Waals surface area (Å²) in [6.07, 6.45) is -4.71. The van der Waals surface area contributed by atoms with Gasteiger partial charge in [-0.1, -0.05) is 35.9 Å². The number of alkyl halides is 3. The van der Waals surface area contributed by atoms with Crippen LogP contribution in [0.15, 0.2) is 42.5 Å². The normalized spacial score (nSPS) is 14.8. The standard InChI is InChI=1S/C16H15F4N/c1-10-4-3-5-11(8-10)15(2,21)12-6-7-13(14(17)9-12)16(18,19)20/h3-9H,21H2,1-2H3. The molecule has 2 rings (SSSR count). The maximum absolute atomic E-state index is 13.7. The Hall–Kier alpha value is -1.88. The molecular weight excluding hydrogens is 282 g/mol. The molecule has 0 amide bonds. The Morgan fingerprint density at radius 2 is 1.57 bits per heavy atom. The van der Waals surface area contributed by atoms with Crippen molar-refractivity contribution in [2.75, 3.05) is 0 Å². The van der Waals surface area contributed by atoms with E-state index >= 15 is 0 Å².